The summed E-state index contributed by atoms with van der Waals surface area (Å²) >= 11 is 0. The van der Waals surface area contributed by atoms with Crippen LogP contribution in [0.3, 0.4) is 0 Å². The molecule has 0 heterocycles. The highest BCUT2D eigenvalue weighted by Gasteiger charge is 1.88. The van der Waals surface area contributed by atoms with Gasteiger partial charge in [-0.3, -0.25) is 0 Å². The van der Waals surface area contributed by atoms with E-state index in [1.54, 1.807) is 0 Å². The Morgan fingerprint density at radius 1 is 1.50 bits per heavy atom. The van der Waals surface area contributed by atoms with Crippen LogP contribution in [0.1, 0.15) is 11.1 Å². The summed E-state index contributed by atoms with van der Waals surface area (Å²) < 4.78 is 0. The Morgan fingerprint density at radius 2 is 2.33 bits per heavy atom. The van der Waals surface area contributed by atoms with Gasteiger partial charge >= 0.3 is 0 Å². The molecule has 1 aromatic carbocycles. The molecule has 0 aliphatic rings. The number of hydrogen-bond acceptors (Lipinski definition) is 1. The zero-order valence-corrected chi connectivity index (χ0v) is 7.12. The molecule has 0 N–H and O–H groups in total. The predicted octanol–water partition coefficient (Wildman–Crippen LogP) is 2.62. The number of benzene rings is 1. The van der Waals surface area contributed by atoms with Crippen LogP contribution in [-0.4, -0.2) is 0 Å². The number of allylic oxidation sites excluding steroid dienone is 2. The fourth-order valence-electron chi connectivity index (χ4n) is 1.09. The lowest BCUT2D eigenvalue weighted by atomic mass is 10.1. The van der Waals surface area contributed by atoms with Crippen LogP contribution >= 0.6 is 0 Å². The zero-order chi connectivity index (χ0) is 8.81. The number of aryl methyl sites for hydroxylation is 1. The summed E-state index contributed by atoms with van der Waals surface area (Å²) in [7, 11) is 0. The van der Waals surface area contributed by atoms with Gasteiger partial charge in [0.15, 0.2) is 0 Å². The lowest BCUT2D eigenvalue weighted by molar-refractivity contribution is 1.25. The Balaban J connectivity index is 2.65. The quantitative estimate of drug-likeness (QED) is 0.605. The molecule has 0 saturated carbocycles. The molecule has 1 rings (SSSR count). The van der Waals surface area contributed by atoms with Crippen molar-refractivity contribution in [3.8, 4) is 6.07 Å². The Morgan fingerprint density at radius 3 is 3.00 bits per heavy atom. The van der Waals surface area contributed by atoms with E-state index in [0.717, 1.165) is 6.42 Å². The Kier molecular flexibility index (Phi) is 3.10. The minimum absolute atomic E-state index is 0.842. The maximum Gasteiger partial charge on any atom is 0.0908 e. The third-order valence-electron chi connectivity index (χ3n) is 1.63. The molecule has 0 aromatic heterocycles. The monoisotopic (exact) mass is 157 g/mol. The first-order chi connectivity index (χ1) is 5.83. The van der Waals surface area contributed by atoms with E-state index in [1.165, 1.54) is 17.2 Å². The molecule has 0 spiro atoms. The fraction of sp³-hybridized carbons (Fsp3) is 0.182. The Hall–Kier alpha value is -1.55. The van der Waals surface area contributed by atoms with Crippen LogP contribution in [0, 0.1) is 18.3 Å². The number of nitrogens with zero attached hydrogens (tertiary/aromatic N) is 1. The van der Waals surface area contributed by atoms with Gasteiger partial charge in [0.05, 0.1) is 6.07 Å². The smallest absolute Gasteiger partial charge is 0.0908 e. The second-order valence-electron chi connectivity index (χ2n) is 2.72. The minimum Gasteiger partial charge on any atom is -0.193 e. The minimum atomic E-state index is 0.842. The van der Waals surface area contributed by atoms with E-state index in [2.05, 4.69) is 25.1 Å². The van der Waals surface area contributed by atoms with Crippen molar-refractivity contribution in [3.63, 3.8) is 0 Å². The zero-order valence-electron chi connectivity index (χ0n) is 7.12. The summed E-state index contributed by atoms with van der Waals surface area (Å²) in [5.41, 5.74) is 2.51. The molecule has 60 valence electrons. The van der Waals surface area contributed by atoms with Gasteiger partial charge < -0.3 is 0 Å². The van der Waals surface area contributed by atoms with Gasteiger partial charge in [-0.2, -0.15) is 5.26 Å². The first kappa shape index (κ1) is 8.55. The van der Waals surface area contributed by atoms with Gasteiger partial charge in [0.25, 0.3) is 0 Å². The fourth-order valence-corrected chi connectivity index (χ4v) is 1.09. The van der Waals surface area contributed by atoms with Gasteiger partial charge in [-0.15, -0.1) is 0 Å². The molecule has 0 atom stereocenters. The van der Waals surface area contributed by atoms with Crippen molar-refractivity contribution in [2.75, 3.05) is 0 Å². The van der Waals surface area contributed by atoms with E-state index in [9.17, 15) is 0 Å². The number of hydrogen-bond donors (Lipinski definition) is 0. The molecule has 1 heteroatoms. The molecule has 0 bridgehead atoms. The first-order valence-electron chi connectivity index (χ1n) is 3.93. The summed E-state index contributed by atoms with van der Waals surface area (Å²) in [5, 5.41) is 8.26. The number of rotatable bonds is 2. The van der Waals surface area contributed by atoms with Crippen LogP contribution < -0.4 is 0 Å². The average Bonchev–Trinajstić information content (AvgIpc) is 2.05. The average molecular weight is 157 g/mol. The molecule has 0 fully saturated rings. The highest BCUT2D eigenvalue weighted by Crippen LogP contribution is 2.04. The number of nitriles is 1. The van der Waals surface area contributed by atoms with E-state index in [-0.39, 0.29) is 0 Å². The molecule has 0 aliphatic carbocycles. The third kappa shape index (κ3) is 2.59. The first-order valence-corrected chi connectivity index (χ1v) is 3.93. The SMILES string of the molecule is Cc1cccc(C/C=C/C#N)c1. The molecule has 0 aliphatic heterocycles. The van der Waals surface area contributed by atoms with Crippen LogP contribution in [0.25, 0.3) is 0 Å². The van der Waals surface area contributed by atoms with Gasteiger partial charge in [0, 0.05) is 6.08 Å². The summed E-state index contributed by atoms with van der Waals surface area (Å²) in [4.78, 5) is 0. The van der Waals surface area contributed by atoms with Crippen LogP contribution in [0.15, 0.2) is 36.4 Å². The molecule has 0 radical (unpaired) electrons. The lowest BCUT2D eigenvalue weighted by Crippen LogP contribution is -1.80. The molecule has 0 saturated heterocycles. The third-order valence-corrected chi connectivity index (χ3v) is 1.63. The van der Waals surface area contributed by atoms with E-state index < -0.39 is 0 Å². The van der Waals surface area contributed by atoms with Crippen molar-refractivity contribution >= 4 is 0 Å². The lowest BCUT2D eigenvalue weighted by Gasteiger charge is -1.96. The summed E-state index contributed by atoms with van der Waals surface area (Å²) in [6.45, 7) is 2.07. The molecular formula is C11H11N. The Bertz CT molecular complexity index is 318. The molecule has 1 nitrogen and oxygen atoms in total. The van der Waals surface area contributed by atoms with Gasteiger partial charge in [0.2, 0.25) is 0 Å². The maximum absolute atomic E-state index is 8.26. The van der Waals surface area contributed by atoms with Gasteiger partial charge in [-0.1, -0.05) is 35.9 Å². The maximum atomic E-state index is 8.26. The van der Waals surface area contributed by atoms with Crippen molar-refractivity contribution in [3.05, 3.63) is 47.5 Å². The second-order valence-corrected chi connectivity index (χ2v) is 2.72. The highest BCUT2D eigenvalue weighted by molar-refractivity contribution is 5.24. The summed E-state index contributed by atoms with van der Waals surface area (Å²) in [6, 6.07) is 10.3. The second kappa shape index (κ2) is 4.35. The van der Waals surface area contributed by atoms with Crippen LogP contribution in [0.2, 0.25) is 0 Å². The Labute approximate surface area is 73.0 Å². The predicted molar refractivity (Wildman–Crippen MR) is 49.6 cm³/mol. The topological polar surface area (TPSA) is 23.8 Å². The van der Waals surface area contributed by atoms with Crippen LogP contribution in [0.4, 0.5) is 0 Å². The molecule has 0 amide bonds. The largest absolute Gasteiger partial charge is 0.193 e. The standard InChI is InChI=1S/C11H11N/c1-10-5-4-7-11(9-10)6-2-3-8-12/h2-5,7,9H,6H2,1H3/b3-2+. The molecular weight excluding hydrogens is 146 g/mol. The molecule has 0 unspecified atom stereocenters. The van der Waals surface area contributed by atoms with Crippen molar-refractivity contribution in [1.29, 1.82) is 5.26 Å². The van der Waals surface area contributed by atoms with Crippen molar-refractivity contribution in [2.45, 2.75) is 13.3 Å². The normalized spacial score (nSPS) is 10.0. The van der Waals surface area contributed by atoms with Crippen LogP contribution in [0.5, 0.6) is 0 Å². The van der Waals surface area contributed by atoms with Gasteiger partial charge in [-0.05, 0) is 18.9 Å². The van der Waals surface area contributed by atoms with E-state index in [1.807, 2.05) is 18.2 Å². The van der Waals surface area contributed by atoms with Gasteiger partial charge in [-0.25, -0.2) is 0 Å². The van der Waals surface area contributed by atoms with Crippen molar-refractivity contribution in [2.24, 2.45) is 0 Å². The van der Waals surface area contributed by atoms with E-state index in [4.69, 9.17) is 5.26 Å². The van der Waals surface area contributed by atoms with Crippen molar-refractivity contribution < 1.29 is 0 Å². The van der Waals surface area contributed by atoms with Crippen LogP contribution in [-0.2, 0) is 6.42 Å². The molecule has 12 heavy (non-hydrogen) atoms. The van der Waals surface area contributed by atoms with E-state index in [0.29, 0.717) is 0 Å². The van der Waals surface area contributed by atoms with E-state index >= 15 is 0 Å². The van der Waals surface area contributed by atoms with Gasteiger partial charge in [0.1, 0.15) is 0 Å². The highest BCUT2D eigenvalue weighted by atomic mass is 14.2. The summed E-state index contributed by atoms with van der Waals surface area (Å²) in [5.74, 6) is 0. The molecule has 1 aromatic rings. The van der Waals surface area contributed by atoms with Crippen molar-refractivity contribution in [1.82, 2.24) is 0 Å². The summed E-state index contributed by atoms with van der Waals surface area (Å²) in [6.07, 6.45) is 4.23.